The summed E-state index contributed by atoms with van der Waals surface area (Å²) >= 11 is 0. The summed E-state index contributed by atoms with van der Waals surface area (Å²) in [6, 6.07) is 11.7. The first-order valence-corrected chi connectivity index (χ1v) is 6.01. The highest BCUT2D eigenvalue weighted by Gasteiger charge is 2.08. The van der Waals surface area contributed by atoms with Crippen molar-refractivity contribution in [2.24, 2.45) is 0 Å². The van der Waals surface area contributed by atoms with Crippen molar-refractivity contribution < 1.29 is 19.0 Å². The van der Waals surface area contributed by atoms with E-state index in [2.05, 4.69) is 0 Å². The van der Waals surface area contributed by atoms with Crippen molar-refractivity contribution in [3.63, 3.8) is 0 Å². The number of rotatable bonds is 4. The standard InChI is InChI=1S/C16H13FO3/c1-11-5-4-8-14(16(11)17)20-13-7-3-2-6-12(13)9-10-15(18)19/h2-10H,1H3,(H,18,19)/b10-9+. The number of carbonyl (C=O) groups is 1. The van der Waals surface area contributed by atoms with E-state index < -0.39 is 11.8 Å². The number of ether oxygens (including phenoxy) is 1. The Bertz CT molecular complexity index is 663. The van der Waals surface area contributed by atoms with E-state index in [1.807, 2.05) is 0 Å². The Kier molecular flexibility index (Phi) is 4.15. The summed E-state index contributed by atoms with van der Waals surface area (Å²) in [6.07, 6.45) is 2.42. The van der Waals surface area contributed by atoms with Gasteiger partial charge in [-0.3, -0.25) is 0 Å². The van der Waals surface area contributed by atoms with Gasteiger partial charge in [0.2, 0.25) is 0 Å². The fourth-order valence-corrected chi connectivity index (χ4v) is 1.69. The minimum Gasteiger partial charge on any atom is -0.478 e. The zero-order valence-corrected chi connectivity index (χ0v) is 10.8. The molecule has 2 rings (SSSR count). The van der Waals surface area contributed by atoms with Crippen LogP contribution in [-0.2, 0) is 4.79 Å². The zero-order valence-electron chi connectivity index (χ0n) is 10.8. The van der Waals surface area contributed by atoms with Gasteiger partial charge in [-0.05, 0) is 30.7 Å². The molecule has 2 aromatic carbocycles. The predicted molar refractivity (Wildman–Crippen MR) is 74.3 cm³/mol. The first-order chi connectivity index (χ1) is 9.58. The van der Waals surface area contributed by atoms with Crippen LogP contribution < -0.4 is 4.74 Å². The summed E-state index contributed by atoms with van der Waals surface area (Å²) < 4.78 is 19.4. The number of halogens is 1. The number of carboxylic acid groups (broad SMARTS) is 1. The maximum Gasteiger partial charge on any atom is 0.328 e. The maximum atomic E-state index is 13.9. The van der Waals surface area contributed by atoms with Crippen molar-refractivity contribution >= 4 is 12.0 Å². The largest absolute Gasteiger partial charge is 0.478 e. The molecule has 0 radical (unpaired) electrons. The Morgan fingerprint density at radius 1 is 1.15 bits per heavy atom. The van der Waals surface area contributed by atoms with E-state index >= 15 is 0 Å². The van der Waals surface area contributed by atoms with Crippen LogP contribution in [0.15, 0.2) is 48.5 Å². The lowest BCUT2D eigenvalue weighted by molar-refractivity contribution is -0.131. The molecule has 20 heavy (non-hydrogen) atoms. The molecule has 0 amide bonds. The summed E-state index contributed by atoms with van der Waals surface area (Å²) in [4.78, 5) is 10.6. The van der Waals surface area contributed by atoms with Crippen molar-refractivity contribution in [3.05, 3.63) is 65.5 Å². The third kappa shape index (κ3) is 3.23. The summed E-state index contributed by atoms with van der Waals surface area (Å²) in [7, 11) is 0. The molecule has 0 fully saturated rings. The van der Waals surface area contributed by atoms with Gasteiger partial charge in [-0.2, -0.15) is 0 Å². The molecule has 0 aliphatic carbocycles. The van der Waals surface area contributed by atoms with Gasteiger partial charge in [0.1, 0.15) is 5.75 Å². The Labute approximate surface area is 115 Å². The lowest BCUT2D eigenvalue weighted by Crippen LogP contribution is -1.93. The van der Waals surface area contributed by atoms with Crippen molar-refractivity contribution in [1.29, 1.82) is 0 Å². The second-order valence-electron chi connectivity index (χ2n) is 4.20. The molecule has 4 heteroatoms. The van der Waals surface area contributed by atoms with E-state index in [1.54, 1.807) is 43.3 Å². The molecule has 3 nitrogen and oxygen atoms in total. The highest BCUT2D eigenvalue weighted by Crippen LogP contribution is 2.29. The summed E-state index contributed by atoms with van der Waals surface area (Å²) in [6.45, 7) is 1.65. The molecule has 0 unspecified atom stereocenters. The van der Waals surface area contributed by atoms with Gasteiger partial charge in [-0.15, -0.1) is 0 Å². The van der Waals surface area contributed by atoms with Gasteiger partial charge >= 0.3 is 5.97 Å². The molecule has 102 valence electrons. The maximum absolute atomic E-state index is 13.9. The van der Waals surface area contributed by atoms with Gasteiger partial charge in [0, 0.05) is 11.6 Å². The van der Waals surface area contributed by atoms with Crippen LogP contribution in [0.5, 0.6) is 11.5 Å². The average Bonchev–Trinajstić information content (AvgIpc) is 2.43. The van der Waals surface area contributed by atoms with E-state index in [-0.39, 0.29) is 5.75 Å². The normalized spacial score (nSPS) is 10.7. The van der Waals surface area contributed by atoms with Crippen molar-refractivity contribution in [2.45, 2.75) is 6.92 Å². The topological polar surface area (TPSA) is 46.5 Å². The first-order valence-electron chi connectivity index (χ1n) is 6.01. The van der Waals surface area contributed by atoms with Gasteiger partial charge in [0.15, 0.2) is 11.6 Å². The second kappa shape index (κ2) is 6.02. The van der Waals surface area contributed by atoms with E-state index in [9.17, 15) is 9.18 Å². The van der Waals surface area contributed by atoms with E-state index in [0.29, 0.717) is 16.9 Å². The Balaban J connectivity index is 2.34. The minimum atomic E-state index is -1.05. The van der Waals surface area contributed by atoms with Gasteiger partial charge < -0.3 is 9.84 Å². The lowest BCUT2D eigenvalue weighted by atomic mass is 10.2. The number of hydrogen-bond acceptors (Lipinski definition) is 2. The van der Waals surface area contributed by atoms with Crippen molar-refractivity contribution in [2.75, 3.05) is 0 Å². The molecule has 0 aliphatic heterocycles. The van der Waals surface area contributed by atoms with Gasteiger partial charge in [0.25, 0.3) is 0 Å². The molecule has 0 saturated heterocycles. The third-order valence-electron chi connectivity index (χ3n) is 2.70. The molecule has 0 aromatic heterocycles. The quantitative estimate of drug-likeness (QED) is 0.855. The van der Waals surface area contributed by atoms with Gasteiger partial charge in [0.05, 0.1) is 0 Å². The fraction of sp³-hybridized carbons (Fsp3) is 0.0625. The SMILES string of the molecule is Cc1cccc(Oc2ccccc2/C=C/C(=O)O)c1F. The zero-order chi connectivity index (χ0) is 14.5. The van der Waals surface area contributed by atoms with E-state index in [1.165, 1.54) is 12.1 Å². The molecule has 0 spiro atoms. The monoisotopic (exact) mass is 272 g/mol. The van der Waals surface area contributed by atoms with Crippen LogP contribution in [0.3, 0.4) is 0 Å². The fourth-order valence-electron chi connectivity index (χ4n) is 1.69. The number of para-hydroxylation sites is 1. The smallest absolute Gasteiger partial charge is 0.328 e. The number of aliphatic carboxylic acids is 1. The van der Waals surface area contributed by atoms with Crippen LogP contribution in [0.25, 0.3) is 6.08 Å². The predicted octanol–water partition coefficient (Wildman–Crippen LogP) is 4.02. The second-order valence-corrected chi connectivity index (χ2v) is 4.20. The Morgan fingerprint density at radius 3 is 2.60 bits per heavy atom. The molecule has 0 heterocycles. The number of benzene rings is 2. The number of hydrogen-bond donors (Lipinski definition) is 1. The molecule has 0 aliphatic rings. The molecular weight excluding hydrogens is 259 g/mol. The van der Waals surface area contributed by atoms with Crippen LogP contribution in [0.4, 0.5) is 4.39 Å². The van der Waals surface area contributed by atoms with E-state index in [0.717, 1.165) is 6.08 Å². The van der Waals surface area contributed by atoms with Crippen LogP contribution in [0.2, 0.25) is 0 Å². The van der Waals surface area contributed by atoms with E-state index in [4.69, 9.17) is 9.84 Å². The highest BCUT2D eigenvalue weighted by molar-refractivity contribution is 5.85. The molecule has 2 aromatic rings. The number of aryl methyl sites for hydroxylation is 1. The summed E-state index contributed by atoms with van der Waals surface area (Å²) in [5, 5.41) is 8.65. The molecule has 1 N–H and O–H groups in total. The molecule has 0 bridgehead atoms. The first kappa shape index (κ1) is 13.8. The summed E-state index contributed by atoms with van der Waals surface area (Å²) in [5.74, 6) is -0.971. The number of carboxylic acids is 1. The molecular formula is C16H13FO3. The highest BCUT2D eigenvalue weighted by atomic mass is 19.1. The van der Waals surface area contributed by atoms with Gasteiger partial charge in [-0.25, -0.2) is 9.18 Å². The molecule has 0 atom stereocenters. The van der Waals surface area contributed by atoms with Crippen molar-refractivity contribution in [3.8, 4) is 11.5 Å². The minimum absolute atomic E-state index is 0.112. The Morgan fingerprint density at radius 2 is 1.85 bits per heavy atom. The van der Waals surface area contributed by atoms with Crippen LogP contribution in [-0.4, -0.2) is 11.1 Å². The van der Waals surface area contributed by atoms with Gasteiger partial charge in [-0.1, -0.05) is 30.3 Å². The Hall–Kier alpha value is -2.62. The van der Waals surface area contributed by atoms with Crippen LogP contribution >= 0.6 is 0 Å². The lowest BCUT2D eigenvalue weighted by Gasteiger charge is -2.10. The third-order valence-corrected chi connectivity index (χ3v) is 2.70. The van der Waals surface area contributed by atoms with Crippen LogP contribution in [0, 0.1) is 12.7 Å². The van der Waals surface area contributed by atoms with Crippen LogP contribution in [0.1, 0.15) is 11.1 Å². The molecule has 0 saturated carbocycles. The average molecular weight is 272 g/mol. The summed E-state index contributed by atoms with van der Waals surface area (Å²) in [5.41, 5.74) is 1.05. The van der Waals surface area contributed by atoms with Crippen molar-refractivity contribution in [1.82, 2.24) is 0 Å².